The molecule has 128 valence electrons. The van der Waals surface area contributed by atoms with Crippen molar-refractivity contribution in [1.82, 2.24) is 0 Å². The molecule has 0 radical (unpaired) electrons. The van der Waals surface area contributed by atoms with Gasteiger partial charge >= 0.3 is 0 Å². The van der Waals surface area contributed by atoms with Gasteiger partial charge in [0.15, 0.2) is 6.61 Å². The van der Waals surface area contributed by atoms with Crippen molar-refractivity contribution in [1.29, 1.82) is 0 Å². The van der Waals surface area contributed by atoms with Gasteiger partial charge in [0.1, 0.15) is 17.4 Å². The van der Waals surface area contributed by atoms with Gasteiger partial charge in [-0.25, -0.2) is 8.78 Å². The molecule has 0 aromatic heterocycles. The zero-order valence-electron chi connectivity index (χ0n) is 13.6. The summed E-state index contributed by atoms with van der Waals surface area (Å²) in [6.07, 6.45) is 0. The quantitative estimate of drug-likeness (QED) is 0.815. The van der Waals surface area contributed by atoms with E-state index >= 15 is 0 Å². The maximum Gasteiger partial charge on any atom is 0.262 e. The Balaban J connectivity index is 2.09. The van der Waals surface area contributed by atoms with Crippen LogP contribution in [0.25, 0.3) is 0 Å². The van der Waals surface area contributed by atoms with Crippen LogP contribution in [-0.2, 0) is 4.79 Å². The normalized spacial score (nSPS) is 10.8. The van der Waals surface area contributed by atoms with Crippen molar-refractivity contribution >= 4 is 23.2 Å². The summed E-state index contributed by atoms with van der Waals surface area (Å²) in [4.78, 5) is 11.9. The fourth-order valence-electron chi connectivity index (χ4n) is 2.17. The second kappa shape index (κ2) is 7.62. The number of ether oxygens (including phenoxy) is 1. The molecule has 0 fully saturated rings. The highest BCUT2D eigenvalue weighted by atomic mass is 35.5. The van der Waals surface area contributed by atoms with E-state index in [0.29, 0.717) is 10.8 Å². The predicted octanol–water partition coefficient (Wildman–Crippen LogP) is 5.07. The maximum absolute atomic E-state index is 13.5. The molecule has 3 nitrogen and oxygen atoms in total. The van der Waals surface area contributed by atoms with Crippen molar-refractivity contribution in [2.45, 2.75) is 26.7 Å². The predicted molar refractivity (Wildman–Crippen MR) is 90.8 cm³/mol. The van der Waals surface area contributed by atoms with Gasteiger partial charge in [-0.2, -0.15) is 0 Å². The summed E-state index contributed by atoms with van der Waals surface area (Å²) in [6.45, 7) is 5.48. The molecular weight excluding hydrogens is 336 g/mol. The zero-order chi connectivity index (χ0) is 17.9. The SMILES string of the molecule is Cc1cc(OCC(=O)Nc2cc(F)ccc2F)c(C(C)C)cc1Cl. The van der Waals surface area contributed by atoms with Crippen LogP contribution >= 0.6 is 11.6 Å². The molecule has 6 heteroatoms. The Morgan fingerprint density at radius 3 is 2.62 bits per heavy atom. The lowest BCUT2D eigenvalue weighted by atomic mass is 10.0. The molecule has 0 saturated heterocycles. The topological polar surface area (TPSA) is 38.3 Å². The van der Waals surface area contributed by atoms with E-state index in [1.807, 2.05) is 20.8 Å². The third kappa shape index (κ3) is 4.45. The van der Waals surface area contributed by atoms with E-state index in [9.17, 15) is 13.6 Å². The van der Waals surface area contributed by atoms with Crippen LogP contribution in [0.5, 0.6) is 5.75 Å². The Labute approximate surface area is 144 Å². The first-order valence-corrected chi connectivity index (χ1v) is 7.83. The number of benzene rings is 2. The number of nitrogens with one attached hydrogen (secondary N) is 1. The molecule has 0 bridgehead atoms. The van der Waals surface area contributed by atoms with Crippen molar-refractivity contribution in [2.24, 2.45) is 0 Å². The van der Waals surface area contributed by atoms with E-state index in [2.05, 4.69) is 5.32 Å². The molecule has 1 amide bonds. The van der Waals surface area contributed by atoms with Gasteiger partial charge in [-0.15, -0.1) is 0 Å². The maximum atomic E-state index is 13.5. The molecule has 2 aromatic rings. The highest BCUT2D eigenvalue weighted by molar-refractivity contribution is 6.31. The summed E-state index contributed by atoms with van der Waals surface area (Å²) in [6, 6.07) is 6.41. The molecule has 2 aromatic carbocycles. The Morgan fingerprint density at radius 1 is 1.25 bits per heavy atom. The summed E-state index contributed by atoms with van der Waals surface area (Å²) < 4.78 is 32.2. The lowest BCUT2D eigenvalue weighted by Crippen LogP contribution is -2.21. The Morgan fingerprint density at radius 2 is 1.96 bits per heavy atom. The highest BCUT2D eigenvalue weighted by Crippen LogP contribution is 2.32. The van der Waals surface area contributed by atoms with Crippen LogP contribution in [0.1, 0.15) is 30.9 Å². The third-order valence-corrected chi connectivity index (χ3v) is 3.88. The molecule has 1 N–H and O–H groups in total. The highest BCUT2D eigenvalue weighted by Gasteiger charge is 2.14. The van der Waals surface area contributed by atoms with E-state index in [0.717, 1.165) is 29.3 Å². The number of aryl methyl sites for hydroxylation is 1. The number of amides is 1. The minimum atomic E-state index is -0.713. The first-order valence-electron chi connectivity index (χ1n) is 7.45. The average Bonchev–Trinajstić information content (AvgIpc) is 2.51. The largest absolute Gasteiger partial charge is 0.483 e. The number of hydrogen-bond donors (Lipinski definition) is 1. The van der Waals surface area contributed by atoms with Crippen molar-refractivity contribution in [3.05, 3.63) is 58.1 Å². The van der Waals surface area contributed by atoms with E-state index in [-0.39, 0.29) is 18.2 Å². The van der Waals surface area contributed by atoms with Crippen molar-refractivity contribution in [3.63, 3.8) is 0 Å². The number of rotatable bonds is 5. The summed E-state index contributed by atoms with van der Waals surface area (Å²) in [7, 11) is 0. The fraction of sp³-hybridized carbons (Fsp3) is 0.278. The first-order chi connectivity index (χ1) is 11.3. The third-order valence-electron chi connectivity index (χ3n) is 3.47. The van der Waals surface area contributed by atoms with Gasteiger partial charge in [0.2, 0.25) is 0 Å². The molecule has 0 aliphatic heterocycles. The molecule has 2 rings (SSSR count). The molecule has 0 aliphatic carbocycles. The summed E-state index contributed by atoms with van der Waals surface area (Å²) in [5, 5.41) is 2.91. The summed E-state index contributed by atoms with van der Waals surface area (Å²) in [5.74, 6) is -1.23. The molecule has 24 heavy (non-hydrogen) atoms. The number of halogens is 3. The van der Waals surface area contributed by atoms with E-state index in [1.165, 1.54) is 0 Å². The fourth-order valence-corrected chi connectivity index (χ4v) is 2.34. The number of carbonyl (C=O) groups is 1. The van der Waals surface area contributed by atoms with Crippen molar-refractivity contribution < 1.29 is 18.3 Å². The molecule has 0 saturated carbocycles. The van der Waals surface area contributed by atoms with Gasteiger partial charge in [0, 0.05) is 11.1 Å². The average molecular weight is 354 g/mol. The molecule has 0 atom stereocenters. The van der Waals surface area contributed by atoms with Crippen LogP contribution in [0, 0.1) is 18.6 Å². The molecule has 0 aliphatic rings. The van der Waals surface area contributed by atoms with Gasteiger partial charge in [-0.05, 0) is 48.2 Å². The van der Waals surface area contributed by atoms with E-state index in [4.69, 9.17) is 16.3 Å². The van der Waals surface area contributed by atoms with Crippen molar-refractivity contribution in [3.8, 4) is 5.75 Å². The Hall–Kier alpha value is -2.14. The van der Waals surface area contributed by atoms with Gasteiger partial charge in [-0.1, -0.05) is 25.4 Å². The van der Waals surface area contributed by atoms with Crippen LogP contribution in [0.2, 0.25) is 5.02 Å². The van der Waals surface area contributed by atoms with Crippen LogP contribution < -0.4 is 10.1 Å². The second-order valence-electron chi connectivity index (χ2n) is 5.75. The molecule has 0 spiro atoms. The number of hydrogen-bond acceptors (Lipinski definition) is 2. The van der Waals surface area contributed by atoms with E-state index in [1.54, 1.807) is 12.1 Å². The van der Waals surface area contributed by atoms with E-state index < -0.39 is 17.5 Å². The number of anilines is 1. The van der Waals surface area contributed by atoms with Crippen LogP contribution in [-0.4, -0.2) is 12.5 Å². The van der Waals surface area contributed by atoms with Gasteiger partial charge in [-0.3, -0.25) is 4.79 Å². The molecule has 0 heterocycles. The van der Waals surface area contributed by atoms with Crippen molar-refractivity contribution in [2.75, 3.05) is 11.9 Å². The molecular formula is C18H18ClF2NO2. The first kappa shape index (κ1) is 18.2. The smallest absolute Gasteiger partial charge is 0.262 e. The van der Waals surface area contributed by atoms with Gasteiger partial charge in [0.05, 0.1) is 5.69 Å². The van der Waals surface area contributed by atoms with Gasteiger partial charge in [0.25, 0.3) is 5.91 Å². The van der Waals surface area contributed by atoms with Crippen LogP contribution in [0.4, 0.5) is 14.5 Å². The second-order valence-corrected chi connectivity index (χ2v) is 6.16. The lowest BCUT2D eigenvalue weighted by Gasteiger charge is -2.16. The van der Waals surface area contributed by atoms with Gasteiger partial charge < -0.3 is 10.1 Å². The summed E-state index contributed by atoms with van der Waals surface area (Å²) >= 11 is 6.12. The minimum Gasteiger partial charge on any atom is -0.483 e. The summed E-state index contributed by atoms with van der Waals surface area (Å²) in [5.41, 5.74) is 1.47. The minimum absolute atomic E-state index is 0.154. The Kier molecular flexibility index (Phi) is 5.78. The lowest BCUT2D eigenvalue weighted by molar-refractivity contribution is -0.118. The Bertz CT molecular complexity index is 763. The zero-order valence-corrected chi connectivity index (χ0v) is 14.4. The monoisotopic (exact) mass is 353 g/mol. The standard InChI is InChI=1S/C18H18ClF2NO2/c1-10(2)13-8-14(19)11(3)6-17(13)24-9-18(23)22-16-7-12(20)4-5-15(16)21/h4-8,10H,9H2,1-3H3,(H,22,23). The number of carbonyl (C=O) groups excluding carboxylic acids is 1. The molecule has 0 unspecified atom stereocenters. The van der Waals surface area contributed by atoms with Crippen LogP contribution in [0.3, 0.4) is 0 Å². The van der Waals surface area contributed by atoms with Crippen LogP contribution in [0.15, 0.2) is 30.3 Å².